The average molecular weight is 263 g/mol. The number of amides is 1. The molecule has 1 unspecified atom stereocenters. The number of likely N-dealkylation sites (N-methyl/N-ethyl adjacent to an activating group) is 1. The normalized spacial score (nSPS) is 15.9. The predicted molar refractivity (Wildman–Crippen MR) is 73.9 cm³/mol. The van der Waals surface area contributed by atoms with Crippen molar-refractivity contribution in [3.05, 3.63) is 24.0 Å². The lowest BCUT2D eigenvalue weighted by Crippen LogP contribution is -2.36. The van der Waals surface area contributed by atoms with E-state index in [0.717, 1.165) is 18.5 Å². The molecule has 1 amide bonds. The first kappa shape index (κ1) is 13.8. The van der Waals surface area contributed by atoms with Crippen molar-refractivity contribution < 1.29 is 9.90 Å². The van der Waals surface area contributed by atoms with Gasteiger partial charge in [-0.15, -0.1) is 0 Å². The van der Waals surface area contributed by atoms with Gasteiger partial charge in [-0.1, -0.05) is 6.92 Å². The summed E-state index contributed by atoms with van der Waals surface area (Å²) in [7, 11) is 1.86. The van der Waals surface area contributed by atoms with E-state index in [1.54, 1.807) is 12.3 Å². The van der Waals surface area contributed by atoms with Crippen LogP contribution in [-0.2, 0) is 4.79 Å². The van der Waals surface area contributed by atoms with Gasteiger partial charge in [0.05, 0.1) is 30.2 Å². The highest BCUT2D eigenvalue weighted by atomic mass is 16.3. The molecule has 1 aromatic rings. The van der Waals surface area contributed by atoms with Gasteiger partial charge in [0.1, 0.15) is 0 Å². The third-order valence-corrected chi connectivity index (χ3v) is 3.26. The average Bonchev–Trinajstić information content (AvgIpc) is 3.21. The lowest BCUT2D eigenvalue weighted by atomic mass is 10.2. The smallest absolute Gasteiger partial charge is 0.239 e. The van der Waals surface area contributed by atoms with E-state index in [2.05, 4.69) is 10.3 Å². The Bertz CT molecular complexity index is 429. The highest BCUT2D eigenvalue weighted by molar-refractivity contribution is 5.81. The summed E-state index contributed by atoms with van der Waals surface area (Å²) in [5.74, 6) is 0.0441. The number of anilines is 1. The summed E-state index contributed by atoms with van der Waals surface area (Å²) in [5, 5.41) is 12.6. The maximum atomic E-state index is 11.7. The Balaban J connectivity index is 1.90. The minimum Gasteiger partial charge on any atom is -0.387 e. The molecule has 5 heteroatoms. The monoisotopic (exact) mass is 263 g/mol. The number of nitrogens with one attached hydrogen (secondary N) is 1. The molecule has 5 nitrogen and oxygen atoms in total. The number of carbonyl (C=O) groups excluding carboxylic acids is 1. The summed E-state index contributed by atoms with van der Waals surface area (Å²) in [5.41, 5.74) is 1.54. The van der Waals surface area contributed by atoms with Gasteiger partial charge in [0.2, 0.25) is 5.91 Å². The zero-order valence-electron chi connectivity index (χ0n) is 11.5. The van der Waals surface area contributed by atoms with Gasteiger partial charge in [-0.05, 0) is 31.4 Å². The van der Waals surface area contributed by atoms with Crippen LogP contribution in [0.15, 0.2) is 18.3 Å². The second-order valence-electron chi connectivity index (χ2n) is 5.06. The molecule has 1 aliphatic rings. The van der Waals surface area contributed by atoms with Gasteiger partial charge < -0.3 is 15.3 Å². The molecule has 1 aromatic heterocycles. The van der Waals surface area contributed by atoms with Crippen LogP contribution in [0.2, 0.25) is 0 Å². The molecular formula is C14H21N3O2. The van der Waals surface area contributed by atoms with Crippen molar-refractivity contribution in [2.24, 2.45) is 0 Å². The van der Waals surface area contributed by atoms with Crippen molar-refractivity contribution >= 4 is 11.6 Å². The van der Waals surface area contributed by atoms with Crippen molar-refractivity contribution in [3.63, 3.8) is 0 Å². The van der Waals surface area contributed by atoms with E-state index in [-0.39, 0.29) is 5.91 Å². The predicted octanol–water partition coefficient (Wildman–Crippen LogP) is 1.24. The third kappa shape index (κ3) is 3.92. The molecule has 104 valence electrons. The number of hydrogen-bond donors (Lipinski definition) is 2. The molecule has 1 aliphatic carbocycles. The molecule has 0 radical (unpaired) electrons. The van der Waals surface area contributed by atoms with E-state index >= 15 is 0 Å². The third-order valence-electron chi connectivity index (χ3n) is 3.26. The number of aliphatic hydroxyl groups is 1. The second kappa shape index (κ2) is 6.02. The number of hydrogen-bond acceptors (Lipinski definition) is 4. The number of aromatic nitrogens is 1. The second-order valence-corrected chi connectivity index (χ2v) is 5.06. The van der Waals surface area contributed by atoms with Crippen LogP contribution in [0.25, 0.3) is 0 Å². The summed E-state index contributed by atoms with van der Waals surface area (Å²) in [6.07, 6.45) is 4.02. The number of nitrogens with zero attached hydrogens (tertiary/aromatic N) is 2. The zero-order chi connectivity index (χ0) is 13.8. The van der Waals surface area contributed by atoms with Gasteiger partial charge in [0.25, 0.3) is 0 Å². The van der Waals surface area contributed by atoms with Crippen molar-refractivity contribution in [1.29, 1.82) is 0 Å². The van der Waals surface area contributed by atoms with Crippen molar-refractivity contribution in [2.45, 2.75) is 38.3 Å². The number of aliphatic hydroxyl groups excluding tert-OH is 1. The minimum absolute atomic E-state index is 0.0441. The van der Waals surface area contributed by atoms with E-state index in [1.165, 1.54) is 0 Å². The molecule has 1 saturated carbocycles. The Hall–Kier alpha value is -1.62. The van der Waals surface area contributed by atoms with Crippen molar-refractivity contribution in [2.75, 3.05) is 18.5 Å². The van der Waals surface area contributed by atoms with E-state index in [1.807, 2.05) is 24.9 Å². The minimum atomic E-state index is -0.516. The molecule has 0 bridgehead atoms. The maximum Gasteiger partial charge on any atom is 0.239 e. The number of carbonyl (C=O) groups is 1. The fourth-order valence-electron chi connectivity index (χ4n) is 1.84. The maximum absolute atomic E-state index is 11.7. The van der Waals surface area contributed by atoms with Crippen LogP contribution in [-0.4, -0.2) is 35.6 Å². The summed E-state index contributed by atoms with van der Waals surface area (Å²) >= 11 is 0. The van der Waals surface area contributed by atoms with Crippen LogP contribution in [0.1, 0.15) is 38.0 Å². The van der Waals surface area contributed by atoms with Gasteiger partial charge in [-0.3, -0.25) is 9.78 Å². The number of pyridine rings is 1. The fourth-order valence-corrected chi connectivity index (χ4v) is 1.84. The molecule has 0 aromatic carbocycles. The van der Waals surface area contributed by atoms with Crippen molar-refractivity contribution in [3.8, 4) is 0 Å². The van der Waals surface area contributed by atoms with Crippen molar-refractivity contribution in [1.82, 2.24) is 10.3 Å². The molecule has 0 aliphatic heterocycles. The first-order valence-electron chi connectivity index (χ1n) is 6.74. The Labute approximate surface area is 113 Å². The number of rotatable bonds is 6. The molecule has 0 saturated heterocycles. The van der Waals surface area contributed by atoms with Crippen LogP contribution in [0.4, 0.5) is 5.69 Å². The lowest BCUT2D eigenvalue weighted by molar-refractivity contribution is -0.119. The molecule has 2 rings (SSSR count). The fraction of sp³-hybridized carbons (Fsp3) is 0.571. The Morgan fingerprint density at radius 1 is 1.58 bits per heavy atom. The highest BCUT2D eigenvalue weighted by Crippen LogP contribution is 2.19. The van der Waals surface area contributed by atoms with E-state index < -0.39 is 6.10 Å². The summed E-state index contributed by atoms with van der Waals surface area (Å²) in [4.78, 5) is 17.8. The Kier molecular flexibility index (Phi) is 4.37. The summed E-state index contributed by atoms with van der Waals surface area (Å²) in [6, 6.07) is 4.07. The summed E-state index contributed by atoms with van der Waals surface area (Å²) < 4.78 is 0. The topological polar surface area (TPSA) is 65.5 Å². The molecule has 1 heterocycles. The molecule has 19 heavy (non-hydrogen) atoms. The van der Waals surface area contributed by atoms with Gasteiger partial charge >= 0.3 is 0 Å². The van der Waals surface area contributed by atoms with Crippen LogP contribution in [0.3, 0.4) is 0 Å². The van der Waals surface area contributed by atoms with Gasteiger partial charge in [0.15, 0.2) is 0 Å². The van der Waals surface area contributed by atoms with Crippen LogP contribution in [0.5, 0.6) is 0 Å². The largest absolute Gasteiger partial charge is 0.387 e. The SMILES string of the molecule is CCC(O)c1ccc(N(C)CC(=O)NC2CC2)cn1. The van der Waals surface area contributed by atoms with Gasteiger partial charge in [-0.2, -0.15) is 0 Å². The first-order valence-corrected chi connectivity index (χ1v) is 6.74. The van der Waals surface area contributed by atoms with E-state index in [4.69, 9.17) is 0 Å². The van der Waals surface area contributed by atoms with Crippen LogP contribution in [0, 0.1) is 0 Å². The van der Waals surface area contributed by atoms with E-state index in [9.17, 15) is 9.90 Å². The quantitative estimate of drug-likeness (QED) is 0.810. The zero-order valence-corrected chi connectivity index (χ0v) is 11.5. The highest BCUT2D eigenvalue weighted by Gasteiger charge is 2.23. The molecular weight excluding hydrogens is 242 g/mol. The molecule has 2 N–H and O–H groups in total. The van der Waals surface area contributed by atoms with Gasteiger partial charge in [-0.25, -0.2) is 0 Å². The van der Waals surface area contributed by atoms with Gasteiger partial charge in [0, 0.05) is 13.1 Å². The Morgan fingerprint density at radius 3 is 2.84 bits per heavy atom. The lowest BCUT2D eigenvalue weighted by Gasteiger charge is -2.19. The first-order chi connectivity index (χ1) is 9.10. The Morgan fingerprint density at radius 2 is 2.32 bits per heavy atom. The molecule has 1 atom stereocenters. The standard InChI is InChI=1S/C14H21N3O2/c1-3-13(18)12-7-6-11(8-15-12)17(2)9-14(19)16-10-4-5-10/h6-8,10,13,18H,3-5,9H2,1-2H3,(H,16,19). The van der Waals surface area contributed by atoms with E-state index in [0.29, 0.717) is 24.7 Å². The summed E-state index contributed by atoms with van der Waals surface area (Å²) in [6.45, 7) is 2.24. The van der Waals surface area contributed by atoms with Crippen LogP contribution >= 0.6 is 0 Å². The van der Waals surface area contributed by atoms with Crippen LogP contribution < -0.4 is 10.2 Å². The molecule has 1 fully saturated rings. The molecule has 0 spiro atoms.